The van der Waals surface area contributed by atoms with E-state index in [-0.39, 0.29) is 6.10 Å². The molecule has 1 rings (SSSR count). The van der Waals surface area contributed by atoms with Crippen molar-refractivity contribution < 1.29 is 13.5 Å². The maximum Gasteiger partial charge on any atom is 0.345 e. The summed E-state index contributed by atoms with van der Waals surface area (Å²) in [6.07, 6.45) is 2.13. The SMILES string of the molecule is FC(F)O[C@@H]1CCCNCC1. The van der Waals surface area contributed by atoms with E-state index in [1.165, 1.54) is 0 Å². The lowest BCUT2D eigenvalue weighted by atomic mass is 10.2. The Balaban J connectivity index is 2.20. The normalized spacial score (nSPS) is 27.0. The largest absolute Gasteiger partial charge is 0.345 e. The van der Waals surface area contributed by atoms with Gasteiger partial charge in [0.1, 0.15) is 0 Å². The summed E-state index contributed by atoms with van der Waals surface area (Å²) in [6, 6.07) is 0. The van der Waals surface area contributed by atoms with Crippen molar-refractivity contribution in [2.45, 2.75) is 32.0 Å². The summed E-state index contributed by atoms with van der Waals surface area (Å²) in [7, 11) is 0. The number of hydrogen-bond acceptors (Lipinski definition) is 2. The van der Waals surface area contributed by atoms with Crippen LogP contribution in [0.5, 0.6) is 0 Å². The van der Waals surface area contributed by atoms with Gasteiger partial charge in [0.2, 0.25) is 0 Å². The molecule has 1 aliphatic heterocycles. The Labute approximate surface area is 64.9 Å². The Morgan fingerprint density at radius 3 is 2.82 bits per heavy atom. The molecule has 0 spiro atoms. The van der Waals surface area contributed by atoms with Crippen LogP contribution in [0.1, 0.15) is 19.3 Å². The predicted octanol–water partition coefficient (Wildman–Crippen LogP) is 1.37. The van der Waals surface area contributed by atoms with Crippen LogP contribution in [-0.4, -0.2) is 25.8 Å². The molecular weight excluding hydrogens is 152 g/mol. The zero-order chi connectivity index (χ0) is 8.10. The van der Waals surface area contributed by atoms with Crippen LogP contribution in [0.2, 0.25) is 0 Å². The van der Waals surface area contributed by atoms with Gasteiger partial charge < -0.3 is 10.1 Å². The molecule has 1 fully saturated rings. The molecule has 0 aliphatic carbocycles. The standard InChI is InChI=1S/C7H13F2NO/c8-7(9)11-6-2-1-4-10-5-3-6/h6-7,10H,1-5H2/t6-/m1/s1. The summed E-state index contributed by atoms with van der Waals surface area (Å²) in [5.74, 6) is 0. The quantitative estimate of drug-likeness (QED) is 0.667. The zero-order valence-corrected chi connectivity index (χ0v) is 6.35. The molecule has 0 radical (unpaired) electrons. The number of halogens is 2. The second-order valence-electron chi connectivity index (χ2n) is 2.70. The Morgan fingerprint density at radius 2 is 2.09 bits per heavy atom. The Hall–Kier alpha value is -0.220. The molecule has 1 N–H and O–H groups in total. The molecule has 0 unspecified atom stereocenters. The van der Waals surface area contributed by atoms with E-state index in [4.69, 9.17) is 0 Å². The van der Waals surface area contributed by atoms with Crippen molar-refractivity contribution in [2.75, 3.05) is 13.1 Å². The van der Waals surface area contributed by atoms with Gasteiger partial charge in [-0.15, -0.1) is 0 Å². The molecule has 0 aromatic rings. The van der Waals surface area contributed by atoms with Crippen LogP contribution >= 0.6 is 0 Å². The first kappa shape index (κ1) is 8.87. The highest BCUT2D eigenvalue weighted by atomic mass is 19.3. The van der Waals surface area contributed by atoms with Crippen LogP contribution in [0.4, 0.5) is 8.78 Å². The van der Waals surface area contributed by atoms with E-state index in [0.717, 1.165) is 25.9 Å². The fourth-order valence-electron chi connectivity index (χ4n) is 1.27. The first-order chi connectivity index (χ1) is 5.29. The summed E-state index contributed by atoms with van der Waals surface area (Å²) >= 11 is 0. The van der Waals surface area contributed by atoms with Gasteiger partial charge in [-0.3, -0.25) is 0 Å². The Morgan fingerprint density at radius 1 is 1.27 bits per heavy atom. The minimum Gasteiger partial charge on any atom is -0.320 e. The van der Waals surface area contributed by atoms with Crippen molar-refractivity contribution in [1.29, 1.82) is 0 Å². The van der Waals surface area contributed by atoms with Crippen LogP contribution in [-0.2, 0) is 4.74 Å². The van der Waals surface area contributed by atoms with Gasteiger partial charge in [-0.2, -0.15) is 8.78 Å². The molecule has 4 heteroatoms. The Kier molecular flexibility index (Phi) is 3.72. The minimum absolute atomic E-state index is 0.245. The first-order valence-electron chi connectivity index (χ1n) is 3.93. The van der Waals surface area contributed by atoms with E-state index in [9.17, 15) is 8.78 Å². The van der Waals surface area contributed by atoms with Crippen LogP contribution in [0.15, 0.2) is 0 Å². The van der Waals surface area contributed by atoms with Crippen molar-refractivity contribution in [3.63, 3.8) is 0 Å². The van der Waals surface area contributed by atoms with Gasteiger partial charge in [0, 0.05) is 0 Å². The van der Waals surface area contributed by atoms with Gasteiger partial charge in [-0.25, -0.2) is 0 Å². The fraction of sp³-hybridized carbons (Fsp3) is 1.00. The third-order valence-corrected chi connectivity index (χ3v) is 1.82. The van der Waals surface area contributed by atoms with Crippen LogP contribution in [0.3, 0.4) is 0 Å². The molecule has 66 valence electrons. The van der Waals surface area contributed by atoms with Gasteiger partial charge in [-0.05, 0) is 32.4 Å². The van der Waals surface area contributed by atoms with E-state index in [1.807, 2.05) is 0 Å². The lowest BCUT2D eigenvalue weighted by Crippen LogP contribution is -2.19. The summed E-state index contributed by atoms with van der Waals surface area (Å²) in [5, 5.41) is 3.13. The average Bonchev–Trinajstić information content (AvgIpc) is 2.14. The van der Waals surface area contributed by atoms with E-state index in [0.29, 0.717) is 6.42 Å². The molecule has 0 aromatic heterocycles. The van der Waals surface area contributed by atoms with Crippen LogP contribution < -0.4 is 5.32 Å². The molecule has 0 aromatic carbocycles. The predicted molar refractivity (Wildman–Crippen MR) is 37.6 cm³/mol. The number of alkyl halides is 2. The van der Waals surface area contributed by atoms with Gasteiger partial charge in [0.05, 0.1) is 6.10 Å². The lowest BCUT2D eigenvalue weighted by Gasteiger charge is -2.13. The van der Waals surface area contributed by atoms with Crippen LogP contribution in [0, 0.1) is 0 Å². The molecular formula is C7H13F2NO. The molecule has 0 amide bonds. The van der Waals surface area contributed by atoms with Crippen molar-refractivity contribution in [3.8, 4) is 0 Å². The van der Waals surface area contributed by atoms with Gasteiger partial charge in [-0.1, -0.05) is 0 Å². The number of ether oxygens (including phenoxy) is 1. The average molecular weight is 165 g/mol. The third-order valence-electron chi connectivity index (χ3n) is 1.82. The Bertz CT molecular complexity index is 103. The topological polar surface area (TPSA) is 21.3 Å². The molecule has 0 bridgehead atoms. The maximum absolute atomic E-state index is 11.7. The number of nitrogens with one attached hydrogen (secondary N) is 1. The fourth-order valence-corrected chi connectivity index (χ4v) is 1.27. The highest BCUT2D eigenvalue weighted by Crippen LogP contribution is 2.12. The summed E-state index contributed by atoms with van der Waals surface area (Å²) in [4.78, 5) is 0. The number of rotatable bonds is 2. The van der Waals surface area contributed by atoms with Crippen molar-refractivity contribution in [2.24, 2.45) is 0 Å². The molecule has 1 saturated heterocycles. The van der Waals surface area contributed by atoms with E-state index in [2.05, 4.69) is 10.1 Å². The monoisotopic (exact) mass is 165 g/mol. The molecule has 1 atom stereocenters. The minimum atomic E-state index is -2.61. The molecule has 11 heavy (non-hydrogen) atoms. The van der Waals surface area contributed by atoms with Gasteiger partial charge >= 0.3 is 6.61 Å². The molecule has 0 saturated carbocycles. The van der Waals surface area contributed by atoms with E-state index in [1.54, 1.807) is 0 Å². The van der Waals surface area contributed by atoms with E-state index >= 15 is 0 Å². The third kappa shape index (κ3) is 3.62. The number of hydrogen-bond donors (Lipinski definition) is 1. The highest BCUT2D eigenvalue weighted by Gasteiger charge is 2.16. The van der Waals surface area contributed by atoms with Gasteiger partial charge in [0.25, 0.3) is 0 Å². The smallest absolute Gasteiger partial charge is 0.320 e. The van der Waals surface area contributed by atoms with Crippen molar-refractivity contribution in [3.05, 3.63) is 0 Å². The molecule has 2 nitrogen and oxygen atoms in total. The second kappa shape index (κ2) is 4.62. The lowest BCUT2D eigenvalue weighted by molar-refractivity contribution is -0.164. The maximum atomic E-state index is 11.7. The van der Waals surface area contributed by atoms with Crippen LogP contribution in [0.25, 0.3) is 0 Å². The zero-order valence-electron chi connectivity index (χ0n) is 6.35. The van der Waals surface area contributed by atoms with Crippen molar-refractivity contribution >= 4 is 0 Å². The first-order valence-corrected chi connectivity index (χ1v) is 3.93. The highest BCUT2D eigenvalue weighted by molar-refractivity contribution is 4.65. The molecule has 1 heterocycles. The second-order valence-corrected chi connectivity index (χ2v) is 2.70. The summed E-state index contributed by atoms with van der Waals surface area (Å²) < 4.78 is 27.8. The van der Waals surface area contributed by atoms with E-state index < -0.39 is 6.61 Å². The summed E-state index contributed by atoms with van der Waals surface area (Å²) in [5.41, 5.74) is 0. The van der Waals surface area contributed by atoms with Crippen molar-refractivity contribution in [1.82, 2.24) is 5.32 Å². The van der Waals surface area contributed by atoms with Gasteiger partial charge in [0.15, 0.2) is 0 Å². The summed E-state index contributed by atoms with van der Waals surface area (Å²) in [6.45, 7) is -0.904. The molecule has 1 aliphatic rings.